The zero-order valence-corrected chi connectivity index (χ0v) is 11.2. The van der Waals surface area contributed by atoms with Crippen molar-refractivity contribution in [2.24, 2.45) is 5.92 Å². The van der Waals surface area contributed by atoms with E-state index in [2.05, 4.69) is 4.90 Å². The van der Waals surface area contributed by atoms with Gasteiger partial charge in [-0.3, -0.25) is 4.79 Å². The second-order valence-electron chi connectivity index (χ2n) is 4.61. The van der Waals surface area contributed by atoms with Crippen LogP contribution in [0, 0.1) is 5.92 Å². The summed E-state index contributed by atoms with van der Waals surface area (Å²) in [7, 11) is 3.65. The van der Waals surface area contributed by atoms with E-state index in [1.165, 1.54) is 5.56 Å². The highest BCUT2D eigenvalue weighted by Gasteiger charge is 2.11. The number of rotatable bonds is 7. The fraction of sp³-hybridized carbons (Fsp3) is 0.500. The van der Waals surface area contributed by atoms with Crippen molar-refractivity contribution in [3.8, 4) is 5.75 Å². The van der Waals surface area contributed by atoms with Gasteiger partial charge in [0.25, 0.3) is 0 Å². The van der Waals surface area contributed by atoms with Crippen LogP contribution in [-0.2, 0) is 11.3 Å². The predicted octanol–water partition coefficient (Wildman–Crippen LogP) is 2.24. The molecule has 1 rings (SSSR count). The summed E-state index contributed by atoms with van der Waals surface area (Å²) in [4.78, 5) is 12.8. The molecule has 0 saturated carbocycles. The third-order valence-corrected chi connectivity index (χ3v) is 2.98. The molecular weight excluding hydrogens is 230 g/mol. The molecule has 1 atom stereocenters. The van der Waals surface area contributed by atoms with E-state index in [0.29, 0.717) is 6.42 Å². The minimum absolute atomic E-state index is 0.289. The van der Waals surface area contributed by atoms with Crippen molar-refractivity contribution in [1.82, 2.24) is 4.90 Å². The smallest absolute Gasteiger partial charge is 0.306 e. The minimum atomic E-state index is -0.729. The van der Waals surface area contributed by atoms with Crippen molar-refractivity contribution in [3.05, 3.63) is 29.8 Å². The summed E-state index contributed by atoms with van der Waals surface area (Å²) >= 11 is 0. The Balaban J connectivity index is 2.39. The van der Waals surface area contributed by atoms with Crippen LogP contribution in [-0.4, -0.2) is 36.7 Å². The standard InChI is InChI=1S/C14H21NO3/c1-11(14(16)17)8-9-15(2)10-12-4-6-13(18-3)7-5-12/h4-7,11H,8-10H2,1-3H3,(H,16,17). The lowest BCUT2D eigenvalue weighted by atomic mass is 10.1. The van der Waals surface area contributed by atoms with E-state index in [9.17, 15) is 4.79 Å². The van der Waals surface area contributed by atoms with E-state index in [0.717, 1.165) is 18.8 Å². The van der Waals surface area contributed by atoms with Gasteiger partial charge in [0.1, 0.15) is 5.75 Å². The quantitative estimate of drug-likeness (QED) is 0.807. The van der Waals surface area contributed by atoms with E-state index in [-0.39, 0.29) is 5.92 Å². The van der Waals surface area contributed by atoms with Crippen molar-refractivity contribution in [2.45, 2.75) is 19.9 Å². The first kappa shape index (κ1) is 14.5. The summed E-state index contributed by atoms with van der Waals surface area (Å²) in [5.41, 5.74) is 1.20. The van der Waals surface area contributed by atoms with E-state index >= 15 is 0 Å². The van der Waals surface area contributed by atoms with Crippen LogP contribution in [0.25, 0.3) is 0 Å². The van der Waals surface area contributed by atoms with Crippen LogP contribution in [0.4, 0.5) is 0 Å². The highest BCUT2D eigenvalue weighted by Crippen LogP contribution is 2.13. The van der Waals surface area contributed by atoms with Crippen molar-refractivity contribution < 1.29 is 14.6 Å². The Morgan fingerprint density at radius 3 is 2.50 bits per heavy atom. The van der Waals surface area contributed by atoms with Crippen molar-refractivity contribution >= 4 is 5.97 Å². The van der Waals surface area contributed by atoms with Crippen LogP contribution < -0.4 is 4.74 Å². The van der Waals surface area contributed by atoms with Crippen LogP contribution in [0.3, 0.4) is 0 Å². The molecule has 4 heteroatoms. The minimum Gasteiger partial charge on any atom is -0.497 e. The van der Waals surface area contributed by atoms with Gasteiger partial charge in [-0.05, 0) is 37.7 Å². The zero-order valence-electron chi connectivity index (χ0n) is 11.2. The lowest BCUT2D eigenvalue weighted by Crippen LogP contribution is -2.23. The third-order valence-electron chi connectivity index (χ3n) is 2.98. The average Bonchev–Trinajstić information content (AvgIpc) is 2.36. The predicted molar refractivity (Wildman–Crippen MR) is 70.7 cm³/mol. The molecule has 0 saturated heterocycles. The number of nitrogens with zero attached hydrogens (tertiary/aromatic N) is 1. The van der Waals surface area contributed by atoms with E-state index in [1.807, 2.05) is 31.3 Å². The van der Waals surface area contributed by atoms with Gasteiger partial charge in [-0.1, -0.05) is 19.1 Å². The first-order chi connectivity index (χ1) is 8.52. The molecule has 4 nitrogen and oxygen atoms in total. The van der Waals surface area contributed by atoms with Gasteiger partial charge in [-0.25, -0.2) is 0 Å². The molecular formula is C14H21NO3. The maximum atomic E-state index is 10.7. The average molecular weight is 251 g/mol. The lowest BCUT2D eigenvalue weighted by molar-refractivity contribution is -0.141. The molecule has 0 aromatic heterocycles. The normalized spacial score (nSPS) is 12.4. The van der Waals surface area contributed by atoms with Gasteiger partial charge in [-0.2, -0.15) is 0 Å². The van der Waals surface area contributed by atoms with E-state index in [1.54, 1.807) is 14.0 Å². The summed E-state index contributed by atoms with van der Waals surface area (Å²) in [5, 5.41) is 8.81. The summed E-state index contributed by atoms with van der Waals surface area (Å²) in [6.45, 7) is 3.33. The molecule has 1 aromatic carbocycles. The molecule has 0 radical (unpaired) electrons. The first-order valence-electron chi connectivity index (χ1n) is 6.07. The fourth-order valence-electron chi connectivity index (χ4n) is 1.66. The van der Waals surface area contributed by atoms with Crippen molar-refractivity contribution in [3.63, 3.8) is 0 Å². The van der Waals surface area contributed by atoms with Crippen molar-refractivity contribution in [1.29, 1.82) is 0 Å². The Bertz CT molecular complexity index is 375. The number of carboxylic acids is 1. The van der Waals surface area contributed by atoms with Gasteiger partial charge in [0.2, 0.25) is 0 Å². The van der Waals surface area contributed by atoms with E-state index in [4.69, 9.17) is 9.84 Å². The van der Waals surface area contributed by atoms with Crippen LogP contribution >= 0.6 is 0 Å². The topological polar surface area (TPSA) is 49.8 Å². The van der Waals surface area contributed by atoms with Gasteiger partial charge < -0.3 is 14.7 Å². The molecule has 0 fully saturated rings. The maximum absolute atomic E-state index is 10.7. The van der Waals surface area contributed by atoms with Gasteiger partial charge in [0, 0.05) is 6.54 Å². The second kappa shape index (κ2) is 7.01. The molecule has 0 aliphatic carbocycles. The number of carbonyl (C=O) groups is 1. The highest BCUT2D eigenvalue weighted by atomic mass is 16.5. The molecule has 100 valence electrons. The Morgan fingerprint density at radius 2 is 2.00 bits per heavy atom. The highest BCUT2D eigenvalue weighted by molar-refractivity contribution is 5.69. The largest absolute Gasteiger partial charge is 0.497 e. The number of hydrogen-bond acceptors (Lipinski definition) is 3. The van der Waals surface area contributed by atoms with Crippen LogP contribution in [0.2, 0.25) is 0 Å². The molecule has 0 amide bonds. The summed E-state index contributed by atoms with van der Waals surface area (Å²) in [5.74, 6) is -0.169. The molecule has 18 heavy (non-hydrogen) atoms. The van der Waals surface area contributed by atoms with Crippen LogP contribution in [0.15, 0.2) is 24.3 Å². The number of benzene rings is 1. The number of carboxylic acid groups (broad SMARTS) is 1. The second-order valence-corrected chi connectivity index (χ2v) is 4.61. The lowest BCUT2D eigenvalue weighted by Gasteiger charge is -2.18. The fourth-order valence-corrected chi connectivity index (χ4v) is 1.66. The Hall–Kier alpha value is -1.55. The van der Waals surface area contributed by atoms with Gasteiger partial charge in [0.15, 0.2) is 0 Å². The molecule has 0 aliphatic heterocycles. The maximum Gasteiger partial charge on any atom is 0.306 e. The Kier molecular flexibility index (Phi) is 5.65. The van der Waals surface area contributed by atoms with Crippen molar-refractivity contribution in [2.75, 3.05) is 20.7 Å². The third kappa shape index (κ3) is 4.75. The zero-order chi connectivity index (χ0) is 13.5. The monoisotopic (exact) mass is 251 g/mol. The summed E-state index contributed by atoms with van der Waals surface area (Å²) < 4.78 is 5.10. The number of methoxy groups -OCH3 is 1. The molecule has 1 aromatic rings. The van der Waals surface area contributed by atoms with Gasteiger partial charge in [-0.15, -0.1) is 0 Å². The van der Waals surface area contributed by atoms with Gasteiger partial charge in [0.05, 0.1) is 13.0 Å². The Morgan fingerprint density at radius 1 is 1.39 bits per heavy atom. The molecule has 1 unspecified atom stereocenters. The number of hydrogen-bond donors (Lipinski definition) is 1. The SMILES string of the molecule is COc1ccc(CN(C)CCC(C)C(=O)O)cc1. The molecule has 1 N–H and O–H groups in total. The molecule has 0 heterocycles. The van der Waals surface area contributed by atoms with Crippen LogP contribution in [0.1, 0.15) is 18.9 Å². The Labute approximate surface area is 108 Å². The molecule has 0 aliphatic rings. The van der Waals surface area contributed by atoms with E-state index < -0.39 is 5.97 Å². The number of aliphatic carboxylic acids is 1. The van der Waals surface area contributed by atoms with Crippen LogP contribution in [0.5, 0.6) is 5.75 Å². The summed E-state index contributed by atoms with van der Waals surface area (Å²) in [6.07, 6.45) is 0.669. The molecule has 0 bridgehead atoms. The van der Waals surface area contributed by atoms with Gasteiger partial charge >= 0.3 is 5.97 Å². The summed E-state index contributed by atoms with van der Waals surface area (Å²) in [6, 6.07) is 7.91. The number of ether oxygens (including phenoxy) is 1. The molecule has 0 spiro atoms. The first-order valence-corrected chi connectivity index (χ1v) is 6.07.